The van der Waals surface area contributed by atoms with Crippen molar-refractivity contribution in [2.75, 3.05) is 0 Å². The van der Waals surface area contributed by atoms with Crippen LogP contribution in [-0.4, -0.2) is 21.3 Å². The number of aromatic nitrogens is 3. The van der Waals surface area contributed by atoms with Crippen molar-refractivity contribution in [2.45, 2.75) is 38.1 Å². The van der Waals surface area contributed by atoms with Crippen molar-refractivity contribution in [1.82, 2.24) is 15.0 Å². The normalized spacial score (nSPS) is 21.1. The molecule has 0 aromatic carbocycles. The van der Waals surface area contributed by atoms with Crippen LogP contribution in [0.3, 0.4) is 0 Å². The third-order valence-corrected chi connectivity index (χ3v) is 3.00. The molecular formula is C10H13N3O. The molecule has 74 valence electrons. The maximum atomic E-state index is 10.8. The summed E-state index contributed by atoms with van der Waals surface area (Å²) in [5.74, 6) is 0.782. The fourth-order valence-corrected chi connectivity index (χ4v) is 1.82. The molecule has 0 unspecified atom stereocenters. The first-order valence-corrected chi connectivity index (χ1v) is 5.27. The zero-order valence-corrected chi connectivity index (χ0v) is 8.02. The van der Waals surface area contributed by atoms with E-state index in [-0.39, 0.29) is 0 Å². The predicted octanol–water partition coefficient (Wildman–Crippen LogP) is 1.38. The standard InChI is InChI=1S/C10H13N3O/c14-6-9-10(5-7-1-2-7)13(12-11-9)8-3-4-8/h6-8H,1-5H2. The maximum Gasteiger partial charge on any atom is 0.172 e. The first-order chi connectivity index (χ1) is 6.88. The Bertz CT molecular complexity index is 363. The summed E-state index contributed by atoms with van der Waals surface area (Å²) in [6.07, 6.45) is 6.82. The molecule has 4 heteroatoms. The third-order valence-electron chi connectivity index (χ3n) is 3.00. The summed E-state index contributed by atoms with van der Waals surface area (Å²) in [5, 5.41) is 7.99. The fourth-order valence-electron chi connectivity index (χ4n) is 1.82. The average molecular weight is 191 g/mol. The number of carbonyl (C=O) groups excluding carboxylic acids is 1. The van der Waals surface area contributed by atoms with Crippen LogP contribution in [-0.2, 0) is 6.42 Å². The molecule has 3 rings (SSSR count). The Morgan fingerprint density at radius 2 is 2.14 bits per heavy atom. The van der Waals surface area contributed by atoms with Crippen molar-refractivity contribution in [3.05, 3.63) is 11.4 Å². The number of carbonyl (C=O) groups is 1. The summed E-state index contributed by atoms with van der Waals surface area (Å²) in [5.41, 5.74) is 1.63. The Hall–Kier alpha value is -1.19. The zero-order valence-electron chi connectivity index (χ0n) is 8.02. The summed E-state index contributed by atoms with van der Waals surface area (Å²) in [6.45, 7) is 0. The van der Waals surface area contributed by atoms with Gasteiger partial charge in [0.1, 0.15) is 5.69 Å². The number of rotatable bonds is 4. The van der Waals surface area contributed by atoms with Gasteiger partial charge in [-0.05, 0) is 38.0 Å². The van der Waals surface area contributed by atoms with Gasteiger partial charge in [-0.25, -0.2) is 4.68 Å². The first-order valence-electron chi connectivity index (χ1n) is 5.27. The Morgan fingerprint density at radius 3 is 2.71 bits per heavy atom. The largest absolute Gasteiger partial charge is 0.296 e. The van der Waals surface area contributed by atoms with Gasteiger partial charge in [-0.15, -0.1) is 5.10 Å². The molecule has 14 heavy (non-hydrogen) atoms. The van der Waals surface area contributed by atoms with E-state index in [2.05, 4.69) is 10.3 Å². The highest BCUT2D eigenvalue weighted by atomic mass is 16.1. The molecule has 2 fully saturated rings. The predicted molar refractivity (Wildman–Crippen MR) is 50.1 cm³/mol. The Kier molecular flexibility index (Phi) is 1.69. The molecule has 2 aliphatic rings. The minimum Gasteiger partial charge on any atom is -0.296 e. The van der Waals surface area contributed by atoms with Crippen molar-refractivity contribution in [2.24, 2.45) is 5.92 Å². The molecule has 4 nitrogen and oxygen atoms in total. The summed E-state index contributed by atoms with van der Waals surface area (Å²) in [4.78, 5) is 10.8. The van der Waals surface area contributed by atoms with Crippen molar-refractivity contribution in [3.63, 3.8) is 0 Å². The van der Waals surface area contributed by atoms with Crippen molar-refractivity contribution in [1.29, 1.82) is 0 Å². The van der Waals surface area contributed by atoms with E-state index in [9.17, 15) is 4.79 Å². The monoisotopic (exact) mass is 191 g/mol. The van der Waals surface area contributed by atoms with E-state index in [4.69, 9.17) is 0 Å². The van der Waals surface area contributed by atoms with Gasteiger partial charge in [0, 0.05) is 0 Å². The van der Waals surface area contributed by atoms with Crippen LogP contribution in [0, 0.1) is 5.92 Å². The van der Waals surface area contributed by atoms with Crippen molar-refractivity contribution >= 4 is 6.29 Å². The van der Waals surface area contributed by atoms with Gasteiger partial charge in [0.2, 0.25) is 0 Å². The van der Waals surface area contributed by atoms with Crippen LogP contribution in [0.4, 0.5) is 0 Å². The lowest BCUT2D eigenvalue weighted by atomic mass is 10.2. The molecule has 0 bridgehead atoms. The van der Waals surface area contributed by atoms with Crippen molar-refractivity contribution < 1.29 is 4.79 Å². The molecule has 0 spiro atoms. The summed E-state index contributed by atoms with van der Waals surface area (Å²) in [7, 11) is 0. The van der Waals surface area contributed by atoms with Gasteiger partial charge < -0.3 is 0 Å². The van der Waals surface area contributed by atoms with E-state index in [0.717, 1.165) is 24.3 Å². The molecular weight excluding hydrogens is 178 g/mol. The lowest BCUT2D eigenvalue weighted by molar-refractivity contribution is 0.111. The van der Waals surface area contributed by atoms with Gasteiger partial charge in [-0.1, -0.05) is 5.21 Å². The van der Waals surface area contributed by atoms with Crippen LogP contribution in [0.2, 0.25) is 0 Å². The van der Waals surface area contributed by atoms with E-state index in [0.29, 0.717) is 11.7 Å². The van der Waals surface area contributed by atoms with E-state index in [1.54, 1.807) is 0 Å². The Labute approximate surface area is 82.3 Å². The molecule has 0 N–H and O–H groups in total. The van der Waals surface area contributed by atoms with Gasteiger partial charge in [0.05, 0.1) is 11.7 Å². The van der Waals surface area contributed by atoms with E-state index in [1.807, 2.05) is 4.68 Å². The van der Waals surface area contributed by atoms with E-state index < -0.39 is 0 Å². The van der Waals surface area contributed by atoms with Gasteiger partial charge in [0.25, 0.3) is 0 Å². The second-order valence-electron chi connectivity index (χ2n) is 4.36. The average Bonchev–Trinajstić information content (AvgIpc) is 3.06. The highest BCUT2D eigenvalue weighted by molar-refractivity contribution is 5.73. The smallest absolute Gasteiger partial charge is 0.172 e. The Morgan fingerprint density at radius 1 is 1.36 bits per heavy atom. The number of aldehydes is 1. The second kappa shape index (κ2) is 2.90. The van der Waals surface area contributed by atoms with Gasteiger partial charge in [-0.2, -0.15) is 0 Å². The minimum atomic E-state index is 0.532. The molecule has 0 atom stereocenters. The molecule has 0 radical (unpaired) electrons. The SMILES string of the molecule is O=Cc1nnn(C2CC2)c1CC1CC1. The summed E-state index contributed by atoms with van der Waals surface area (Å²) >= 11 is 0. The van der Waals surface area contributed by atoms with Crippen molar-refractivity contribution in [3.8, 4) is 0 Å². The Balaban J connectivity index is 1.92. The second-order valence-corrected chi connectivity index (χ2v) is 4.36. The molecule has 0 amide bonds. The van der Waals surface area contributed by atoms with Crippen LogP contribution in [0.15, 0.2) is 0 Å². The molecule has 1 heterocycles. The van der Waals surface area contributed by atoms with E-state index in [1.165, 1.54) is 25.7 Å². The third kappa shape index (κ3) is 1.35. The van der Waals surface area contributed by atoms with Crippen LogP contribution >= 0.6 is 0 Å². The molecule has 1 aromatic heterocycles. The maximum absolute atomic E-state index is 10.8. The van der Waals surface area contributed by atoms with Gasteiger partial charge in [-0.3, -0.25) is 4.79 Å². The highest BCUT2D eigenvalue weighted by Gasteiger charge is 2.31. The topological polar surface area (TPSA) is 47.8 Å². The highest BCUT2D eigenvalue weighted by Crippen LogP contribution is 2.38. The number of hydrogen-bond donors (Lipinski definition) is 0. The molecule has 0 aliphatic heterocycles. The van der Waals surface area contributed by atoms with E-state index >= 15 is 0 Å². The van der Waals surface area contributed by atoms with Gasteiger partial charge in [0.15, 0.2) is 6.29 Å². The molecule has 2 saturated carbocycles. The van der Waals surface area contributed by atoms with Crippen LogP contribution in [0.25, 0.3) is 0 Å². The van der Waals surface area contributed by atoms with Gasteiger partial charge >= 0.3 is 0 Å². The van der Waals surface area contributed by atoms with Crippen LogP contribution in [0.5, 0.6) is 0 Å². The zero-order chi connectivity index (χ0) is 9.54. The summed E-state index contributed by atoms with van der Waals surface area (Å²) in [6, 6.07) is 0.532. The minimum absolute atomic E-state index is 0.532. The quantitative estimate of drug-likeness (QED) is 0.675. The van der Waals surface area contributed by atoms with Crippen LogP contribution in [0.1, 0.15) is 47.9 Å². The number of nitrogens with zero attached hydrogens (tertiary/aromatic N) is 3. The number of hydrogen-bond acceptors (Lipinski definition) is 3. The fraction of sp³-hybridized carbons (Fsp3) is 0.700. The first kappa shape index (κ1) is 8.15. The molecule has 1 aromatic rings. The lowest BCUT2D eigenvalue weighted by Crippen LogP contribution is -2.05. The van der Waals surface area contributed by atoms with Crippen LogP contribution < -0.4 is 0 Å². The molecule has 2 aliphatic carbocycles. The summed E-state index contributed by atoms with van der Waals surface area (Å²) < 4.78 is 1.97. The molecule has 0 saturated heterocycles. The lowest BCUT2D eigenvalue weighted by Gasteiger charge is -2.03.